The summed E-state index contributed by atoms with van der Waals surface area (Å²) in [4.78, 5) is 2.21. The molecular formula is C15H21FN2O2. The Morgan fingerprint density at radius 1 is 1.50 bits per heavy atom. The molecule has 1 fully saturated rings. The monoisotopic (exact) mass is 280 g/mol. The van der Waals surface area contributed by atoms with Crippen LogP contribution in [-0.4, -0.2) is 37.8 Å². The first-order chi connectivity index (χ1) is 9.74. The van der Waals surface area contributed by atoms with Gasteiger partial charge in [0.1, 0.15) is 11.6 Å². The quantitative estimate of drug-likeness (QED) is 0.914. The SMILES string of the molecule is COc1ccc(F)c2c1CN(CC1CCCO1)C2CN. The second-order valence-electron chi connectivity index (χ2n) is 5.46. The van der Waals surface area contributed by atoms with Crippen LogP contribution in [0.25, 0.3) is 0 Å². The minimum absolute atomic E-state index is 0.0794. The number of nitrogens with zero attached hydrogens (tertiary/aromatic N) is 1. The van der Waals surface area contributed by atoms with Crippen molar-refractivity contribution < 1.29 is 13.9 Å². The Morgan fingerprint density at radius 2 is 2.35 bits per heavy atom. The molecule has 1 aromatic rings. The van der Waals surface area contributed by atoms with Gasteiger partial charge in [0, 0.05) is 37.4 Å². The summed E-state index contributed by atoms with van der Waals surface area (Å²) in [6.45, 7) is 2.72. The Kier molecular flexibility index (Phi) is 3.92. The molecule has 20 heavy (non-hydrogen) atoms. The predicted octanol–water partition coefficient (Wildman–Crippen LogP) is 1.83. The molecule has 1 saturated heterocycles. The summed E-state index contributed by atoms with van der Waals surface area (Å²) in [6.07, 6.45) is 2.42. The minimum Gasteiger partial charge on any atom is -0.496 e. The number of nitrogens with two attached hydrogens (primary N) is 1. The van der Waals surface area contributed by atoms with Crippen molar-refractivity contribution in [2.75, 3.05) is 26.8 Å². The Bertz CT molecular complexity index is 489. The number of benzene rings is 1. The first-order valence-electron chi connectivity index (χ1n) is 7.15. The number of methoxy groups -OCH3 is 1. The Hall–Kier alpha value is -1.17. The smallest absolute Gasteiger partial charge is 0.128 e. The zero-order chi connectivity index (χ0) is 14.1. The average molecular weight is 280 g/mol. The minimum atomic E-state index is -0.189. The second-order valence-corrected chi connectivity index (χ2v) is 5.46. The van der Waals surface area contributed by atoms with E-state index in [0.717, 1.165) is 37.3 Å². The van der Waals surface area contributed by atoms with Crippen LogP contribution in [0.1, 0.15) is 30.0 Å². The molecule has 2 aliphatic heterocycles. The maximum atomic E-state index is 14.2. The van der Waals surface area contributed by atoms with Crippen LogP contribution in [0.3, 0.4) is 0 Å². The number of hydrogen-bond donors (Lipinski definition) is 1. The van der Waals surface area contributed by atoms with Crippen LogP contribution < -0.4 is 10.5 Å². The largest absolute Gasteiger partial charge is 0.496 e. The lowest BCUT2D eigenvalue weighted by Gasteiger charge is -2.26. The van der Waals surface area contributed by atoms with E-state index in [1.54, 1.807) is 13.2 Å². The van der Waals surface area contributed by atoms with Crippen molar-refractivity contribution in [2.24, 2.45) is 5.73 Å². The van der Waals surface area contributed by atoms with E-state index in [2.05, 4.69) is 4.90 Å². The number of ether oxygens (including phenoxy) is 2. The predicted molar refractivity (Wildman–Crippen MR) is 74.1 cm³/mol. The molecule has 0 spiro atoms. The normalized spacial score (nSPS) is 25.9. The van der Waals surface area contributed by atoms with Gasteiger partial charge in [-0.3, -0.25) is 4.90 Å². The Balaban J connectivity index is 1.87. The lowest BCUT2D eigenvalue weighted by Crippen LogP contribution is -2.34. The first kappa shape index (κ1) is 13.8. The fourth-order valence-electron chi connectivity index (χ4n) is 3.34. The Morgan fingerprint density at radius 3 is 3.00 bits per heavy atom. The van der Waals surface area contributed by atoms with Crippen LogP contribution in [0.4, 0.5) is 4.39 Å². The van der Waals surface area contributed by atoms with Crippen molar-refractivity contribution in [3.05, 3.63) is 29.1 Å². The van der Waals surface area contributed by atoms with Gasteiger partial charge in [0.2, 0.25) is 0 Å². The van der Waals surface area contributed by atoms with E-state index in [1.807, 2.05) is 0 Å². The van der Waals surface area contributed by atoms with Crippen LogP contribution in [0.5, 0.6) is 5.75 Å². The molecular weight excluding hydrogens is 259 g/mol. The summed E-state index contributed by atoms with van der Waals surface area (Å²) < 4.78 is 25.2. The van der Waals surface area contributed by atoms with Gasteiger partial charge in [-0.1, -0.05) is 0 Å². The number of rotatable bonds is 4. The molecule has 0 radical (unpaired) electrons. The van der Waals surface area contributed by atoms with E-state index in [1.165, 1.54) is 6.07 Å². The summed E-state index contributed by atoms with van der Waals surface area (Å²) in [5.41, 5.74) is 7.51. The number of hydrogen-bond acceptors (Lipinski definition) is 4. The molecule has 0 aromatic heterocycles. The van der Waals surface area contributed by atoms with Crippen LogP contribution in [-0.2, 0) is 11.3 Å². The van der Waals surface area contributed by atoms with Crippen molar-refractivity contribution >= 4 is 0 Å². The van der Waals surface area contributed by atoms with E-state index >= 15 is 0 Å². The van der Waals surface area contributed by atoms with E-state index in [4.69, 9.17) is 15.2 Å². The van der Waals surface area contributed by atoms with Crippen LogP contribution in [0.15, 0.2) is 12.1 Å². The number of halogens is 1. The molecule has 2 unspecified atom stereocenters. The van der Waals surface area contributed by atoms with Crippen molar-refractivity contribution in [3.63, 3.8) is 0 Å². The molecule has 2 N–H and O–H groups in total. The highest BCUT2D eigenvalue weighted by atomic mass is 19.1. The third-order valence-electron chi connectivity index (χ3n) is 4.30. The maximum Gasteiger partial charge on any atom is 0.128 e. The van der Waals surface area contributed by atoms with Crippen LogP contribution in [0.2, 0.25) is 0 Å². The Labute approximate surface area is 118 Å². The van der Waals surface area contributed by atoms with Crippen molar-refractivity contribution in [1.82, 2.24) is 4.90 Å². The zero-order valence-electron chi connectivity index (χ0n) is 11.8. The third kappa shape index (κ3) is 2.30. The molecule has 2 aliphatic rings. The molecule has 1 aromatic carbocycles. The average Bonchev–Trinajstić information content (AvgIpc) is 3.07. The van der Waals surface area contributed by atoms with E-state index < -0.39 is 0 Å². The fourth-order valence-corrected chi connectivity index (χ4v) is 3.34. The third-order valence-corrected chi connectivity index (χ3v) is 4.30. The molecule has 2 heterocycles. The molecule has 4 nitrogen and oxygen atoms in total. The van der Waals surface area contributed by atoms with Gasteiger partial charge in [-0.05, 0) is 25.0 Å². The van der Waals surface area contributed by atoms with E-state index in [9.17, 15) is 4.39 Å². The standard InChI is InChI=1S/C15H21FN2O2/c1-19-14-5-4-12(16)15-11(14)9-18(13(15)7-17)8-10-3-2-6-20-10/h4-5,10,13H,2-3,6-9,17H2,1H3. The van der Waals surface area contributed by atoms with Crippen LogP contribution in [0, 0.1) is 5.82 Å². The van der Waals surface area contributed by atoms with Gasteiger partial charge in [-0.2, -0.15) is 0 Å². The highest BCUT2D eigenvalue weighted by Crippen LogP contribution is 2.40. The molecule has 0 saturated carbocycles. The topological polar surface area (TPSA) is 47.7 Å². The van der Waals surface area contributed by atoms with Gasteiger partial charge in [0.05, 0.1) is 19.3 Å². The zero-order valence-corrected chi connectivity index (χ0v) is 11.8. The molecule has 0 amide bonds. The van der Waals surface area contributed by atoms with E-state index in [0.29, 0.717) is 18.7 Å². The van der Waals surface area contributed by atoms with Gasteiger partial charge in [0.25, 0.3) is 0 Å². The molecule has 3 rings (SSSR count). The lowest BCUT2D eigenvalue weighted by atomic mass is 10.0. The first-order valence-corrected chi connectivity index (χ1v) is 7.15. The lowest BCUT2D eigenvalue weighted by molar-refractivity contribution is 0.0604. The molecule has 2 atom stereocenters. The van der Waals surface area contributed by atoms with Gasteiger partial charge >= 0.3 is 0 Å². The van der Waals surface area contributed by atoms with Crippen LogP contribution >= 0.6 is 0 Å². The van der Waals surface area contributed by atoms with Crippen molar-refractivity contribution in [1.29, 1.82) is 0 Å². The van der Waals surface area contributed by atoms with Gasteiger partial charge < -0.3 is 15.2 Å². The fraction of sp³-hybridized carbons (Fsp3) is 0.600. The van der Waals surface area contributed by atoms with Gasteiger partial charge in [0.15, 0.2) is 0 Å². The summed E-state index contributed by atoms with van der Waals surface area (Å²) in [6, 6.07) is 3.08. The summed E-state index contributed by atoms with van der Waals surface area (Å²) in [5, 5.41) is 0. The molecule has 5 heteroatoms. The summed E-state index contributed by atoms with van der Waals surface area (Å²) in [5.74, 6) is 0.556. The van der Waals surface area contributed by atoms with Crippen molar-refractivity contribution in [3.8, 4) is 5.75 Å². The molecule has 0 bridgehead atoms. The van der Waals surface area contributed by atoms with Gasteiger partial charge in [-0.25, -0.2) is 4.39 Å². The summed E-state index contributed by atoms with van der Waals surface area (Å²) in [7, 11) is 1.62. The van der Waals surface area contributed by atoms with E-state index in [-0.39, 0.29) is 18.0 Å². The highest BCUT2D eigenvalue weighted by Gasteiger charge is 2.35. The maximum absolute atomic E-state index is 14.2. The summed E-state index contributed by atoms with van der Waals surface area (Å²) >= 11 is 0. The van der Waals surface area contributed by atoms with Gasteiger partial charge in [-0.15, -0.1) is 0 Å². The molecule has 0 aliphatic carbocycles. The molecule has 110 valence electrons. The van der Waals surface area contributed by atoms with Crippen molar-refractivity contribution in [2.45, 2.75) is 31.5 Å². The second kappa shape index (κ2) is 5.68. The highest BCUT2D eigenvalue weighted by molar-refractivity contribution is 5.45. The number of fused-ring (bicyclic) bond motifs is 1.